The lowest BCUT2D eigenvalue weighted by molar-refractivity contribution is -0.131. The summed E-state index contributed by atoms with van der Waals surface area (Å²) in [7, 11) is 3.46. The Morgan fingerprint density at radius 1 is 1.69 bits per heavy atom. The van der Waals surface area contributed by atoms with E-state index >= 15 is 0 Å². The molecule has 0 spiro atoms. The highest BCUT2D eigenvalue weighted by Gasteiger charge is 2.46. The van der Waals surface area contributed by atoms with Crippen molar-refractivity contribution < 1.29 is 13.9 Å². The molecule has 1 aliphatic carbocycles. The summed E-state index contributed by atoms with van der Waals surface area (Å²) in [5, 5.41) is 0. The van der Waals surface area contributed by atoms with Gasteiger partial charge in [-0.15, -0.1) is 0 Å². The highest BCUT2D eigenvalue weighted by atomic mass is 16.5. The van der Waals surface area contributed by atoms with E-state index in [4.69, 9.17) is 9.15 Å². The normalized spacial score (nSPS) is 23.1. The maximum atomic E-state index is 11.9. The molecule has 0 N–H and O–H groups in total. The van der Waals surface area contributed by atoms with E-state index in [0.717, 1.165) is 12.2 Å². The Bertz CT molecular complexity index is 347. The predicted molar refractivity (Wildman–Crippen MR) is 59.1 cm³/mol. The maximum absolute atomic E-state index is 11.9. The number of ether oxygens (including phenoxy) is 1. The molecule has 0 unspecified atom stereocenters. The van der Waals surface area contributed by atoms with Crippen molar-refractivity contribution in [2.45, 2.75) is 12.3 Å². The summed E-state index contributed by atoms with van der Waals surface area (Å²) >= 11 is 0. The van der Waals surface area contributed by atoms with Gasteiger partial charge in [0.15, 0.2) is 0 Å². The maximum Gasteiger partial charge on any atom is 0.226 e. The molecule has 2 atom stereocenters. The van der Waals surface area contributed by atoms with Crippen LogP contribution in [0.1, 0.15) is 18.1 Å². The molecule has 1 aromatic rings. The highest BCUT2D eigenvalue weighted by Crippen LogP contribution is 2.48. The first-order valence-corrected chi connectivity index (χ1v) is 5.51. The third kappa shape index (κ3) is 2.27. The third-order valence-electron chi connectivity index (χ3n) is 3.02. The van der Waals surface area contributed by atoms with Crippen molar-refractivity contribution in [3.8, 4) is 0 Å². The van der Waals surface area contributed by atoms with Crippen LogP contribution in [-0.2, 0) is 9.53 Å². The van der Waals surface area contributed by atoms with Crippen LogP contribution in [0.25, 0.3) is 0 Å². The lowest BCUT2D eigenvalue weighted by atomic mass is 10.2. The minimum atomic E-state index is 0.105. The predicted octanol–water partition coefficient (Wildman–Crippen LogP) is 1.49. The Morgan fingerprint density at radius 3 is 3.12 bits per heavy atom. The number of carbonyl (C=O) groups is 1. The summed E-state index contributed by atoms with van der Waals surface area (Å²) in [5.41, 5.74) is 0. The fourth-order valence-electron chi connectivity index (χ4n) is 1.91. The van der Waals surface area contributed by atoms with Crippen LogP contribution in [0.4, 0.5) is 0 Å². The van der Waals surface area contributed by atoms with Gasteiger partial charge in [-0.3, -0.25) is 4.79 Å². The van der Waals surface area contributed by atoms with Crippen LogP contribution < -0.4 is 0 Å². The van der Waals surface area contributed by atoms with E-state index < -0.39 is 0 Å². The minimum absolute atomic E-state index is 0.105. The molecule has 1 aromatic heterocycles. The average Bonchev–Trinajstić information content (AvgIpc) is 2.91. The molecule has 1 heterocycles. The monoisotopic (exact) mass is 223 g/mol. The van der Waals surface area contributed by atoms with Gasteiger partial charge in [-0.25, -0.2) is 0 Å². The van der Waals surface area contributed by atoms with Crippen molar-refractivity contribution in [1.82, 2.24) is 4.90 Å². The minimum Gasteiger partial charge on any atom is -0.469 e. The Balaban J connectivity index is 1.84. The molecule has 4 heteroatoms. The number of carbonyl (C=O) groups excluding carboxylic acids is 1. The van der Waals surface area contributed by atoms with E-state index in [2.05, 4.69) is 0 Å². The van der Waals surface area contributed by atoms with Gasteiger partial charge in [-0.05, 0) is 18.6 Å². The van der Waals surface area contributed by atoms with Crippen LogP contribution in [0.3, 0.4) is 0 Å². The zero-order chi connectivity index (χ0) is 11.5. The summed E-state index contributed by atoms with van der Waals surface area (Å²) in [6.45, 7) is 1.23. The molecule has 0 radical (unpaired) electrons. The van der Waals surface area contributed by atoms with Crippen molar-refractivity contribution in [3.63, 3.8) is 0 Å². The molecule has 0 aliphatic heterocycles. The Labute approximate surface area is 95.2 Å². The summed E-state index contributed by atoms with van der Waals surface area (Å²) in [5.74, 6) is 1.51. The highest BCUT2D eigenvalue weighted by molar-refractivity contribution is 5.82. The van der Waals surface area contributed by atoms with Crippen LogP contribution in [0.15, 0.2) is 22.8 Å². The molecular formula is C12H17NO3. The van der Waals surface area contributed by atoms with E-state index in [1.807, 2.05) is 19.2 Å². The van der Waals surface area contributed by atoms with Gasteiger partial charge in [0.1, 0.15) is 5.76 Å². The average molecular weight is 223 g/mol. The molecule has 1 fully saturated rings. The zero-order valence-electron chi connectivity index (χ0n) is 9.68. The second-order valence-corrected chi connectivity index (χ2v) is 4.22. The molecule has 16 heavy (non-hydrogen) atoms. The van der Waals surface area contributed by atoms with Gasteiger partial charge in [-0.1, -0.05) is 0 Å². The van der Waals surface area contributed by atoms with Gasteiger partial charge in [0.25, 0.3) is 0 Å². The number of furan rings is 1. The van der Waals surface area contributed by atoms with E-state index in [-0.39, 0.29) is 17.7 Å². The summed E-state index contributed by atoms with van der Waals surface area (Å²) in [6.07, 6.45) is 2.56. The second-order valence-electron chi connectivity index (χ2n) is 4.22. The van der Waals surface area contributed by atoms with E-state index in [0.29, 0.717) is 13.2 Å². The molecule has 1 aliphatic rings. The Hall–Kier alpha value is -1.29. The smallest absolute Gasteiger partial charge is 0.226 e. The standard InChI is InChI=1S/C12H17NO3/c1-13(5-7-15-2)12(14)10-8-9(10)11-4-3-6-16-11/h3-4,6,9-10H,5,7-8H2,1-2H3/t9-,10+/m0/s1. The summed E-state index contributed by atoms with van der Waals surface area (Å²) in [6, 6.07) is 3.80. The van der Waals surface area contributed by atoms with Crippen LogP contribution in [0.5, 0.6) is 0 Å². The van der Waals surface area contributed by atoms with Gasteiger partial charge in [0.2, 0.25) is 5.91 Å². The van der Waals surface area contributed by atoms with Crippen molar-refractivity contribution >= 4 is 5.91 Å². The fourth-order valence-corrected chi connectivity index (χ4v) is 1.91. The molecule has 1 amide bonds. The molecule has 0 aromatic carbocycles. The molecule has 2 rings (SSSR count). The molecule has 4 nitrogen and oxygen atoms in total. The first-order chi connectivity index (χ1) is 7.74. The zero-order valence-corrected chi connectivity index (χ0v) is 9.68. The van der Waals surface area contributed by atoms with Crippen molar-refractivity contribution in [2.24, 2.45) is 5.92 Å². The number of amides is 1. The quantitative estimate of drug-likeness (QED) is 0.759. The Kier molecular flexibility index (Phi) is 3.29. The van der Waals surface area contributed by atoms with Gasteiger partial charge < -0.3 is 14.1 Å². The first-order valence-electron chi connectivity index (χ1n) is 5.51. The van der Waals surface area contributed by atoms with Crippen molar-refractivity contribution in [1.29, 1.82) is 0 Å². The van der Waals surface area contributed by atoms with E-state index in [1.165, 1.54) is 0 Å². The van der Waals surface area contributed by atoms with Crippen LogP contribution in [0.2, 0.25) is 0 Å². The molecule has 0 saturated heterocycles. The molecule has 1 saturated carbocycles. The van der Waals surface area contributed by atoms with E-state index in [1.54, 1.807) is 18.3 Å². The second kappa shape index (κ2) is 4.70. The number of rotatable bonds is 5. The molecular weight excluding hydrogens is 206 g/mol. The van der Waals surface area contributed by atoms with Gasteiger partial charge in [-0.2, -0.15) is 0 Å². The van der Waals surface area contributed by atoms with Crippen molar-refractivity contribution in [2.75, 3.05) is 27.3 Å². The topological polar surface area (TPSA) is 42.7 Å². The number of hydrogen-bond acceptors (Lipinski definition) is 3. The lowest BCUT2D eigenvalue weighted by Crippen LogP contribution is -2.31. The van der Waals surface area contributed by atoms with Gasteiger partial charge >= 0.3 is 0 Å². The number of methoxy groups -OCH3 is 1. The van der Waals surface area contributed by atoms with Crippen molar-refractivity contribution in [3.05, 3.63) is 24.2 Å². The van der Waals surface area contributed by atoms with E-state index in [9.17, 15) is 4.79 Å². The molecule has 0 bridgehead atoms. The van der Waals surface area contributed by atoms with Crippen LogP contribution in [0, 0.1) is 5.92 Å². The first kappa shape index (κ1) is 11.2. The third-order valence-corrected chi connectivity index (χ3v) is 3.02. The number of hydrogen-bond donors (Lipinski definition) is 0. The van der Waals surface area contributed by atoms with Crippen LogP contribution >= 0.6 is 0 Å². The largest absolute Gasteiger partial charge is 0.469 e. The molecule has 88 valence electrons. The fraction of sp³-hybridized carbons (Fsp3) is 0.583. The Morgan fingerprint density at radius 2 is 2.50 bits per heavy atom. The van der Waals surface area contributed by atoms with Crippen LogP contribution in [-0.4, -0.2) is 38.1 Å². The lowest BCUT2D eigenvalue weighted by Gasteiger charge is -2.16. The van der Waals surface area contributed by atoms with Gasteiger partial charge in [0, 0.05) is 32.5 Å². The van der Waals surface area contributed by atoms with Gasteiger partial charge in [0.05, 0.1) is 12.9 Å². The number of likely N-dealkylation sites (N-methyl/N-ethyl adjacent to an activating group) is 1. The number of nitrogens with zero attached hydrogens (tertiary/aromatic N) is 1. The summed E-state index contributed by atoms with van der Waals surface area (Å²) in [4.78, 5) is 13.7. The summed E-state index contributed by atoms with van der Waals surface area (Å²) < 4.78 is 10.3. The SMILES string of the molecule is COCCN(C)C(=O)[C@@H]1C[C@@H]1c1ccco1.